The van der Waals surface area contributed by atoms with Crippen molar-refractivity contribution in [2.75, 3.05) is 33.3 Å². The molecule has 23 heavy (non-hydrogen) atoms. The van der Waals surface area contributed by atoms with Gasteiger partial charge in [-0.25, -0.2) is 0 Å². The van der Waals surface area contributed by atoms with Gasteiger partial charge in [-0.2, -0.15) is 0 Å². The molecule has 2 aromatic rings. The van der Waals surface area contributed by atoms with Crippen molar-refractivity contribution in [1.29, 1.82) is 0 Å². The van der Waals surface area contributed by atoms with E-state index in [2.05, 4.69) is 54.4 Å². The van der Waals surface area contributed by atoms with Gasteiger partial charge < -0.3 is 10.1 Å². The Morgan fingerprint density at radius 2 is 1.74 bits per heavy atom. The van der Waals surface area contributed by atoms with E-state index in [-0.39, 0.29) is 0 Å². The number of benzene rings is 2. The topological polar surface area (TPSA) is 24.5 Å². The highest BCUT2D eigenvalue weighted by molar-refractivity contribution is 5.84. The van der Waals surface area contributed by atoms with Gasteiger partial charge in [0.05, 0.1) is 7.11 Å². The van der Waals surface area contributed by atoms with Crippen LogP contribution in [0.5, 0.6) is 5.75 Å². The molecule has 0 aromatic heterocycles. The van der Waals surface area contributed by atoms with E-state index < -0.39 is 0 Å². The van der Waals surface area contributed by atoms with Crippen LogP contribution in [0.2, 0.25) is 0 Å². The number of nitrogens with one attached hydrogen (secondary N) is 1. The highest BCUT2D eigenvalue weighted by atomic mass is 16.5. The summed E-state index contributed by atoms with van der Waals surface area (Å²) in [6.07, 6.45) is 1.21. The van der Waals surface area contributed by atoms with Crippen molar-refractivity contribution in [2.45, 2.75) is 26.3 Å². The number of methoxy groups -OCH3 is 1. The van der Waals surface area contributed by atoms with Crippen LogP contribution < -0.4 is 10.1 Å². The summed E-state index contributed by atoms with van der Waals surface area (Å²) < 4.78 is 5.33. The predicted molar refractivity (Wildman–Crippen MR) is 97.1 cm³/mol. The maximum Gasteiger partial charge on any atom is 0.119 e. The van der Waals surface area contributed by atoms with Crippen molar-refractivity contribution >= 4 is 10.8 Å². The van der Waals surface area contributed by atoms with Crippen LogP contribution in [0.4, 0.5) is 0 Å². The van der Waals surface area contributed by atoms with Crippen molar-refractivity contribution in [1.82, 2.24) is 10.2 Å². The fraction of sp³-hybridized carbons (Fsp3) is 0.500. The van der Waals surface area contributed by atoms with Crippen LogP contribution >= 0.6 is 0 Å². The summed E-state index contributed by atoms with van der Waals surface area (Å²) in [5.41, 5.74) is 1.44. The first-order chi connectivity index (χ1) is 11.2. The van der Waals surface area contributed by atoms with Crippen molar-refractivity contribution in [3.8, 4) is 5.75 Å². The van der Waals surface area contributed by atoms with Gasteiger partial charge in [0.2, 0.25) is 0 Å². The minimum absolute atomic E-state index is 0.517. The smallest absolute Gasteiger partial charge is 0.119 e. The highest BCUT2D eigenvalue weighted by Gasteiger charge is 2.23. The second-order valence-electron chi connectivity index (χ2n) is 6.90. The fourth-order valence-electron chi connectivity index (χ4n) is 3.51. The molecule has 124 valence electrons. The molecule has 2 aromatic carbocycles. The van der Waals surface area contributed by atoms with E-state index in [4.69, 9.17) is 4.74 Å². The van der Waals surface area contributed by atoms with Crippen LogP contribution in [0.3, 0.4) is 0 Å². The molecular weight excluding hydrogens is 284 g/mol. The van der Waals surface area contributed by atoms with Crippen LogP contribution in [-0.2, 0) is 0 Å². The molecule has 0 radical (unpaired) electrons. The second-order valence-corrected chi connectivity index (χ2v) is 6.90. The summed E-state index contributed by atoms with van der Waals surface area (Å²) in [5.74, 6) is 1.62. The van der Waals surface area contributed by atoms with E-state index in [0.717, 1.165) is 31.9 Å². The van der Waals surface area contributed by atoms with E-state index in [0.29, 0.717) is 12.0 Å². The maximum atomic E-state index is 5.33. The van der Waals surface area contributed by atoms with Gasteiger partial charge in [-0.1, -0.05) is 32.0 Å². The zero-order valence-electron chi connectivity index (χ0n) is 14.5. The molecule has 0 spiro atoms. The van der Waals surface area contributed by atoms with Gasteiger partial charge in [0.25, 0.3) is 0 Å². The van der Waals surface area contributed by atoms with Gasteiger partial charge in [-0.05, 0) is 46.9 Å². The van der Waals surface area contributed by atoms with Crippen LogP contribution in [0, 0.1) is 5.92 Å². The van der Waals surface area contributed by atoms with E-state index in [1.165, 1.54) is 22.8 Å². The number of fused-ring (bicyclic) bond motifs is 1. The normalized spacial score (nSPS) is 17.6. The molecule has 1 fully saturated rings. The summed E-state index contributed by atoms with van der Waals surface area (Å²) in [6.45, 7) is 9.11. The molecule has 1 N–H and O–H groups in total. The van der Waals surface area contributed by atoms with Crippen LogP contribution in [0.1, 0.15) is 31.9 Å². The average Bonchev–Trinajstić information content (AvgIpc) is 2.59. The lowest BCUT2D eigenvalue weighted by Crippen LogP contribution is -2.45. The molecule has 1 aliphatic heterocycles. The summed E-state index contributed by atoms with van der Waals surface area (Å²) in [4.78, 5) is 2.64. The number of nitrogens with zero attached hydrogens (tertiary/aromatic N) is 1. The van der Waals surface area contributed by atoms with Crippen molar-refractivity contribution in [3.05, 3.63) is 42.0 Å². The van der Waals surface area contributed by atoms with E-state index in [1.807, 2.05) is 6.07 Å². The molecule has 0 amide bonds. The highest BCUT2D eigenvalue weighted by Crippen LogP contribution is 2.31. The minimum Gasteiger partial charge on any atom is -0.497 e. The standard InChI is InChI=1S/C20H28N2O/c1-15(2)12-20(22-10-8-21-9-11-22)18-5-4-17-14-19(23-3)7-6-16(17)13-18/h4-7,13-15,20-21H,8-12H2,1-3H3/t20-/m0/s1. The van der Waals surface area contributed by atoms with Gasteiger partial charge in [0.15, 0.2) is 0 Å². The molecule has 3 nitrogen and oxygen atoms in total. The van der Waals surface area contributed by atoms with Gasteiger partial charge >= 0.3 is 0 Å². The third-order valence-corrected chi connectivity index (χ3v) is 4.74. The quantitative estimate of drug-likeness (QED) is 0.908. The first-order valence-corrected chi connectivity index (χ1v) is 8.70. The Morgan fingerprint density at radius 3 is 2.43 bits per heavy atom. The molecule has 1 atom stereocenters. The lowest BCUT2D eigenvalue weighted by molar-refractivity contribution is 0.154. The zero-order chi connectivity index (χ0) is 16.2. The van der Waals surface area contributed by atoms with Gasteiger partial charge in [0, 0.05) is 32.2 Å². The lowest BCUT2D eigenvalue weighted by Gasteiger charge is -2.36. The van der Waals surface area contributed by atoms with Crippen LogP contribution in [0.25, 0.3) is 10.8 Å². The van der Waals surface area contributed by atoms with Crippen molar-refractivity contribution in [2.24, 2.45) is 5.92 Å². The monoisotopic (exact) mass is 312 g/mol. The van der Waals surface area contributed by atoms with Crippen molar-refractivity contribution < 1.29 is 4.74 Å². The van der Waals surface area contributed by atoms with Crippen molar-refractivity contribution in [3.63, 3.8) is 0 Å². The Hall–Kier alpha value is -1.58. The molecule has 1 saturated heterocycles. The van der Waals surface area contributed by atoms with Crippen LogP contribution in [0.15, 0.2) is 36.4 Å². The predicted octanol–water partition coefficient (Wildman–Crippen LogP) is 3.84. The third-order valence-electron chi connectivity index (χ3n) is 4.74. The van der Waals surface area contributed by atoms with Gasteiger partial charge in [-0.15, -0.1) is 0 Å². The Labute approximate surface area is 139 Å². The molecule has 0 unspecified atom stereocenters. The molecule has 3 heteroatoms. The van der Waals surface area contributed by atoms with E-state index >= 15 is 0 Å². The molecule has 1 aliphatic rings. The lowest BCUT2D eigenvalue weighted by atomic mass is 9.93. The molecule has 0 bridgehead atoms. The fourth-order valence-corrected chi connectivity index (χ4v) is 3.51. The minimum atomic E-state index is 0.517. The molecule has 0 saturated carbocycles. The number of rotatable bonds is 5. The molecule has 3 rings (SSSR count). The Morgan fingerprint density at radius 1 is 1.04 bits per heavy atom. The summed E-state index contributed by atoms with van der Waals surface area (Å²) >= 11 is 0. The molecule has 1 heterocycles. The van der Waals surface area contributed by atoms with Gasteiger partial charge in [-0.3, -0.25) is 4.90 Å². The first-order valence-electron chi connectivity index (χ1n) is 8.70. The summed E-state index contributed by atoms with van der Waals surface area (Å²) in [7, 11) is 1.72. The number of hydrogen-bond acceptors (Lipinski definition) is 3. The number of ether oxygens (including phenoxy) is 1. The van der Waals surface area contributed by atoms with E-state index in [1.54, 1.807) is 7.11 Å². The second kappa shape index (κ2) is 7.33. The molecular formula is C20H28N2O. The maximum absolute atomic E-state index is 5.33. The Kier molecular flexibility index (Phi) is 5.19. The largest absolute Gasteiger partial charge is 0.497 e. The third kappa shape index (κ3) is 3.85. The first kappa shape index (κ1) is 16.3. The van der Waals surface area contributed by atoms with Crippen LogP contribution in [-0.4, -0.2) is 38.2 Å². The number of hydrogen-bond donors (Lipinski definition) is 1. The SMILES string of the molecule is COc1ccc2cc([C@H](CC(C)C)N3CCNCC3)ccc2c1. The molecule has 0 aliphatic carbocycles. The average molecular weight is 312 g/mol. The summed E-state index contributed by atoms with van der Waals surface area (Å²) in [6, 6.07) is 13.8. The Balaban J connectivity index is 1.92. The summed E-state index contributed by atoms with van der Waals surface area (Å²) in [5, 5.41) is 6.01. The number of piperazine rings is 1. The van der Waals surface area contributed by atoms with E-state index in [9.17, 15) is 0 Å². The van der Waals surface area contributed by atoms with Gasteiger partial charge in [0.1, 0.15) is 5.75 Å². The Bertz CT molecular complexity index is 647. The zero-order valence-corrected chi connectivity index (χ0v) is 14.5.